The van der Waals surface area contributed by atoms with E-state index in [1.54, 1.807) is 7.05 Å². The minimum absolute atomic E-state index is 0.0611. The fraction of sp³-hybridized carbons (Fsp3) is 0.556. The molecule has 1 heterocycles. The molecule has 1 aliphatic heterocycles. The van der Waals surface area contributed by atoms with Crippen LogP contribution in [0.1, 0.15) is 29.8 Å². The first kappa shape index (κ1) is 18.6. The monoisotopic (exact) mass is 348 g/mol. The number of thioether (sulfide) groups is 1. The summed E-state index contributed by atoms with van der Waals surface area (Å²) in [5, 5.41) is 6.74. The molecule has 1 aromatic carbocycles. The van der Waals surface area contributed by atoms with Gasteiger partial charge in [0.2, 0.25) is 0 Å². The van der Waals surface area contributed by atoms with Crippen LogP contribution >= 0.6 is 11.8 Å². The van der Waals surface area contributed by atoms with E-state index in [0.29, 0.717) is 23.3 Å². The lowest BCUT2D eigenvalue weighted by Crippen LogP contribution is -2.48. The van der Waals surface area contributed by atoms with Gasteiger partial charge in [-0.1, -0.05) is 26.0 Å². The number of aliphatic imine (C=N–C) groups is 1. The van der Waals surface area contributed by atoms with Crippen LogP contribution in [-0.2, 0) is 6.54 Å². The number of carbonyl (C=O) groups excluding carboxylic acids is 1. The molecule has 5 nitrogen and oxygen atoms in total. The van der Waals surface area contributed by atoms with Gasteiger partial charge in [-0.15, -0.1) is 0 Å². The number of carbonyl (C=O) groups is 1. The van der Waals surface area contributed by atoms with Gasteiger partial charge in [-0.05, 0) is 23.6 Å². The van der Waals surface area contributed by atoms with Crippen molar-refractivity contribution in [1.29, 1.82) is 0 Å². The number of nitrogens with zero attached hydrogens (tertiary/aromatic N) is 2. The lowest BCUT2D eigenvalue weighted by Gasteiger charge is -2.36. The van der Waals surface area contributed by atoms with Crippen LogP contribution in [0.2, 0.25) is 0 Å². The molecular weight excluding hydrogens is 320 g/mol. The van der Waals surface area contributed by atoms with E-state index in [4.69, 9.17) is 0 Å². The molecule has 0 aliphatic carbocycles. The summed E-state index contributed by atoms with van der Waals surface area (Å²) in [5.41, 5.74) is 1.75. The molecule has 1 saturated heterocycles. The highest BCUT2D eigenvalue weighted by Crippen LogP contribution is 2.24. The standard InChI is InChI=1S/C18H28N4OS/c1-13(2)16-12-22(8-9-24-16)18(20-4)21-11-14-6-5-7-15(10-14)17(23)19-3/h5-7,10,13,16H,8-9,11-12H2,1-4H3,(H,19,23)(H,20,21). The fourth-order valence-corrected chi connectivity index (χ4v) is 4.05. The molecule has 0 radical (unpaired) electrons. The maximum atomic E-state index is 11.7. The zero-order valence-electron chi connectivity index (χ0n) is 15.0. The SMILES string of the molecule is CN=C(NCc1cccc(C(=O)NC)c1)N1CCSC(C(C)C)C1. The molecule has 0 spiro atoms. The molecule has 0 bridgehead atoms. The highest BCUT2D eigenvalue weighted by molar-refractivity contribution is 8.00. The molecule has 0 aromatic heterocycles. The zero-order valence-corrected chi connectivity index (χ0v) is 15.8. The van der Waals surface area contributed by atoms with Crippen LogP contribution in [0.5, 0.6) is 0 Å². The van der Waals surface area contributed by atoms with Crippen molar-refractivity contribution in [2.24, 2.45) is 10.9 Å². The third kappa shape index (κ3) is 4.90. The molecule has 24 heavy (non-hydrogen) atoms. The summed E-state index contributed by atoms with van der Waals surface area (Å²) in [6.45, 7) is 7.27. The summed E-state index contributed by atoms with van der Waals surface area (Å²) in [7, 11) is 3.48. The summed E-state index contributed by atoms with van der Waals surface area (Å²) >= 11 is 2.06. The molecule has 2 N–H and O–H groups in total. The third-order valence-corrected chi connectivity index (χ3v) is 5.76. The van der Waals surface area contributed by atoms with Gasteiger partial charge in [0.1, 0.15) is 0 Å². The Labute approximate surface area is 149 Å². The van der Waals surface area contributed by atoms with Gasteiger partial charge in [0.05, 0.1) is 0 Å². The lowest BCUT2D eigenvalue weighted by molar-refractivity contribution is 0.0963. The van der Waals surface area contributed by atoms with Gasteiger partial charge in [0, 0.05) is 50.3 Å². The highest BCUT2D eigenvalue weighted by atomic mass is 32.2. The minimum atomic E-state index is -0.0611. The van der Waals surface area contributed by atoms with Crippen LogP contribution < -0.4 is 10.6 Å². The molecule has 132 valence electrons. The number of rotatable bonds is 4. The average Bonchev–Trinajstić information content (AvgIpc) is 2.62. The normalized spacial score (nSPS) is 18.6. The smallest absolute Gasteiger partial charge is 0.251 e. The summed E-state index contributed by atoms with van der Waals surface area (Å²) in [6, 6.07) is 7.68. The molecule has 0 saturated carbocycles. The van der Waals surface area contributed by atoms with Crippen molar-refractivity contribution in [3.63, 3.8) is 0 Å². The molecule has 1 fully saturated rings. The molecule has 1 aromatic rings. The van der Waals surface area contributed by atoms with Crippen LogP contribution in [0.25, 0.3) is 0 Å². The van der Waals surface area contributed by atoms with Gasteiger partial charge in [-0.25, -0.2) is 0 Å². The van der Waals surface area contributed by atoms with Crippen LogP contribution in [0.3, 0.4) is 0 Å². The Hall–Kier alpha value is -1.69. The summed E-state index contributed by atoms with van der Waals surface area (Å²) in [5.74, 6) is 2.68. The van der Waals surface area contributed by atoms with Crippen molar-refractivity contribution in [3.05, 3.63) is 35.4 Å². The Morgan fingerprint density at radius 2 is 2.25 bits per heavy atom. The number of hydrogen-bond donors (Lipinski definition) is 2. The maximum absolute atomic E-state index is 11.7. The van der Waals surface area contributed by atoms with Gasteiger partial charge >= 0.3 is 0 Å². The number of nitrogens with one attached hydrogen (secondary N) is 2. The Morgan fingerprint density at radius 3 is 2.92 bits per heavy atom. The van der Waals surface area contributed by atoms with Crippen LogP contribution in [0, 0.1) is 5.92 Å². The second kappa shape index (κ2) is 8.97. The first-order valence-electron chi connectivity index (χ1n) is 8.43. The quantitative estimate of drug-likeness (QED) is 0.647. The van der Waals surface area contributed by atoms with Crippen LogP contribution in [0.4, 0.5) is 0 Å². The van der Waals surface area contributed by atoms with E-state index in [-0.39, 0.29) is 5.91 Å². The van der Waals surface area contributed by atoms with Crippen molar-refractivity contribution in [1.82, 2.24) is 15.5 Å². The number of benzene rings is 1. The number of amides is 1. The minimum Gasteiger partial charge on any atom is -0.355 e. The molecule has 2 rings (SSSR count). The van der Waals surface area contributed by atoms with Crippen molar-refractivity contribution in [2.45, 2.75) is 25.6 Å². The van der Waals surface area contributed by atoms with Crippen molar-refractivity contribution in [2.75, 3.05) is 32.9 Å². The molecule has 1 aliphatic rings. The first-order valence-corrected chi connectivity index (χ1v) is 9.48. The Morgan fingerprint density at radius 1 is 1.46 bits per heavy atom. The van der Waals surface area contributed by atoms with E-state index in [2.05, 4.69) is 46.1 Å². The third-order valence-electron chi connectivity index (χ3n) is 4.22. The van der Waals surface area contributed by atoms with Crippen molar-refractivity contribution >= 4 is 23.6 Å². The molecule has 1 amide bonds. The van der Waals surface area contributed by atoms with E-state index >= 15 is 0 Å². The fourth-order valence-electron chi connectivity index (χ4n) is 2.75. The summed E-state index contributed by atoms with van der Waals surface area (Å²) in [6.07, 6.45) is 0. The highest BCUT2D eigenvalue weighted by Gasteiger charge is 2.24. The molecule has 6 heteroatoms. The van der Waals surface area contributed by atoms with Gasteiger partial charge in [0.15, 0.2) is 5.96 Å². The number of hydrogen-bond acceptors (Lipinski definition) is 3. The lowest BCUT2D eigenvalue weighted by atomic mass is 10.1. The Balaban J connectivity index is 1.98. The van der Waals surface area contributed by atoms with Crippen molar-refractivity contribution in [3.8, 4) is 0 Å². The second-order valence-corrected chi connectivity index (χ2v) is 7.63. The largest absolute Gasteiger partial charge is 0.355 e. The van der Waals surface area contributed by atoms with E-state index in [9.17, 15) is 4.79 Å². The van der Waals surface area contributed by atoms with Crippen molar-refractivity contribution < 1.29 is 4.79 Å². The van der Waals surface area contributed by atoms with Crippen LogP contribution in [0.15, 0.2) is 29.3 Å². The topological polar surface area (TPSA) is 56.7 Å². The van der Waals surface area contributed by atoms with E-state index in [1.807, 2.05) is 31.3 Å². The maximum Gasteiger partial charge on any atom is 0.251 e. The molecule has 1 unspecified atom stereocenters. The van der Waals surface area contributed by atoms with Gasteiger partial charge in [0.25, 0.3) is 5.91 Å². The average molecular weight is 349 g/mol. The summed E-state index contributed by atoms with van der Waals surface area (Å²) < 4.78 is 0. The molecular formula is C18H28N4OS. The number of guanidine groups is 1. The van der Waals surface area contributed by atoms with Gasteiger partial charge in [-0.2, -0.15) is 11.8 Å². The van der Waals surface area contributed by atoms with Gasteiger partial charge in [-0.3, -0.25) is 9.79 Å². The first-order chi connectivity index (χ1) is 11.5. The van der Waals surface area contributed by atoms with Crippen LogP contribution in [-0.4, -0.2) is 55.0 Å². The Kier molecular flexibility index (Phi) is 6.97. The zero-order chi connectivity index (χ0) is 17.5. The van der Waals surface area contributed by atoms with E-state index in [1.165, 1.54) is 0 Å². The molecule has 1 atom stereocenters. The van der Waals surface area contributed by atoms with Gasteiger partial charge < -0.3 is 15.5 Å². The van der Waals surface area contributed by atoms with E-state index < -0.39 is 0 Å². The second-order valence-electron chi connectivity index (χ2n) is 6.28. The van der Waals surface area contributed by atoms with E-state index in [0.717, 1.165) is 30.4 Å². The summed E-state index contributed by atoms with van der Waals surface area (Å²) in [4.78, 5) is 18.5. The Bertz CT molecular complexity index is 588. The predicted molar refractivity (Wildman–Crippen MR) is 103 cm³/mol. The predicted octanol–water partition coefficient (Wildman–Crippen LogP) is 2.20.